The highest BCUT2D eigenvalue weighted by Crippen LogP contribution is 2.23. The summed E-state index contributed by atoms with van der Waals surface area (Å²) in [6.07, 6.45) is 0.936. The largest absolute Gasteiger partial charge is 0.490 e. The Hall–Kier alpha value is -1.45. The molecule has 0 radical (unpaired) electrons. The monoisotopic (exact) mass is 228 g/mol. The smallest absolute Gasteiger partial charge is 0.200 e. The fraction of sp³-hybridized carbons (Fsp3) is 0.417. The van der Waals surface area contributed by atoms with Crippen LogP contribution in [0.15, 0.2) is 12.1 Å². The Bertz CT molecular complexity index is 389. The molecule has 0 bridgehead atoms. The van der Waals surface area contributed by atoms with Crippen LogP contribution in [0, 0.1) is 11.6 Å². The third kappa shape index (κ3) is 2.78. The first kappa shape index (κ1) is 12.6. The molecule has 1 aromatic carbocycles. The Morgan fingerprint density at radius 1 is 1.31 bits per heavy atom. The van der Waals surface area contributed by atoms with Crippen molar-refractivity contribution in [2.45, 2.75) is 26.7 Å². The molecule has 0 aromatic heterocycles. The number of halogens is 2. The van der Waals surface area contributed by atoms with E-state index in [2.05, 4.69) is 0 Å². The Balaban J connectivity index is 3.06. The molecule has 0 saturated carbocycles. The lowest BCUT2D eigenvalue weighted by Gasteiger charge is -2.08. The maximum Gasteiger partial charge on any atom is 0.200 e. The van der Waals surface area contributed by atoms with Crippen LogP contribution in [-0.2, 0) is 0 Å². The first-order valence-corrected chi connectivity index (χ1v) is 5.25. The van der Waals surface area contributed by atoms with E-state index in [1.54, 1.807) is 6.92 Å². The molecule has 0 aliphatic heterocycles. The van der Waals surface area contributed by atoms with Crippen LogP contribution >= 0.6 is 0 Å². The standard InChI is InChI=1S/C12H14F2O2/c1-3-5-16-11-7-8(10(15)4-2)6-9(13)12(11)14/h6-7H,3-5H2,1-2H3. The summed E-state index contributed by atoms with van der Waals surface area (Å²) in [7, 11) is 0. The van der Waals surface area contributed by atoms with Gasteiger partial charge in [0, 0.05) is 12.0 Å². The molecule has 0 amide bonds. The Morgan fingerprint density at radius 2 is 2.00 bits per heavy atom. The zero-order valence-corrected chi connectivity index (χ0v) is 9.35. The third-order valence-electron chi connectivity index (χ3n) is 2.10. The van der Waals surface area contributed by atoms with Gasteiger partial charge in [-0.1, -0.05) is 13.8 Å². The zero-order chi connectivity index (χ0) is 12.1. The number of hydrogen-bond donors (Lipinski definition) is 0. The molecule has 0 aliphatic rings. The summed E-state index contributed by atoms with van der Waals surface area (Å²) < 4.78 is 31.5. The summed E-state index contributed by atoms with van der Waals surface area (Å²) in [6, 6.07) is 2.15. The van der Waals surface area contributed by atoms with Crippen molar-refractivity contribution >= 4 is 5.78 Å². The van der Waals surface area contributed by atoms with E-state index in [1.165, 1.54) is 6.07 Å². The second kappa shape index (κ2) is 5.58. The second-order valence-corrected chi connectivity index (χ2v) is 3.40. The average Bonchev–Trinajstić information content (AvgIpc) is 2.29. The van der Waals surface area contributed by atoms with Crippen LogP contribution in [0.1, 0.15) is 37.0 Å². The lowest BCUT2D eigenvalue weighted by Crippen LogP contribution is -2.04. The van der Waals surface area contributed by atoms with Gasteiger partial charge in [0.05, 0.1) is 6.61 Å². The van der Waals surface area contributed by atoms with Crippen molar-refractivity contribution in [2.24, 2.45) is 0 Å². The van der Waals surface area contributed by atoms with Gasteiger partial charge in [-0.3, -0.25) is 4.79 Å². The number of carbonyl (C=O) groups excluding carboxylic acids is 1. The van der Waals surface area contributed by atoms with E-state index >= 15 is 0 Å². The van der Waals surface area contributed by atoms with Crippen molar-refractivity contribution in [3.63, 3.8) is 0 Å². The molecular weight excluding hydrogens is 214 g/mol. The van der Waals surface area contributed by atoms with Gasteiger partial charge in [-0.2, -0.15) is 4.39 Å². The predicted octanol–water partition coefficient (Wildman–Crippen LogP) is 3.35. The van der Waals surface area contributed by atoms with Gasteiger partial charge in [-0.05, 0) is 18.6 Å². The van der Waals surface area contributed by atoms with Gasteiger partial charge in [0.2, 0.25) is 5.82 Å². The molecule has 4 heteroatoms. The van der Waals surface area contributed by atoms with Crippen molar-refractivity contribution in [2.75, 3.05) is 6.61 Å². The summed E-state index contributed by atoms with van der Waals surface area (Å²) in [5, 5.41) is 0. The van der Waals surface area contributed by atoms with E-state index in [0.717, 1.165) is 6.07 Å². The minimum atomic E-state index is -1.05. The van der Waals surface area contributed by atoms with Crippen LogP contribution in [0.25, 0.3) is 0 Å². The van der Waals surface area contributed by atoms with E-state index in [4.69, 9.17) is 4.74 Å². The average molecular weight is 228 g/mol. The first-order chi connectivity index (χ1) is 7.60. The molecule has 0 heterocycles. The Morgan fingerprint density at radius 3 is 2.56 bits per heavy atom. The van der Waals surface area contributed by atoms with Crippen LogP contribution < -0.4 is 4.74 Å². The van der Waals surface area contributed by atoms with Gasteiger partial charge < -0.3 is 4.74 Å². The quantitative estimate of drug-likeness (QED) is 0.722. The molecule has 2 nitrogen and oxygen atoms in total. The van der Waals surface area contributed by atoms with E-state index in [-0.39, 0.29) is 23.5 Å². The summed E-state index contributed by atoms with van der Waals surface area (Å²) >= 11 is 0. The number of ketones is 1. The van der Waals surface area contributed by atoms with E-state index in [9.17, 15) is 13.6 Å². The van der Waals surface area contributed by atoms with Crippen molar-refractivity contribution in [3.05, 3.63) is 29.3 Å². The number of ether oxygens (including phenoxy) is 1. The van der Waals surface area contributed by atoms with E-state index in [1.807, 2.05) is 6.92 Å². The van der Waals surface area contributed by atoms with Crippen molar-refractivity contribution in [3.8, 4) is 5.75 Å². The van der Waals surface area contributed by atoms with E-state index < -0.39 is 11.6 Å². The van der Waals surface area contributed by atoms with Crippen LogP contribution in [0.2, 0.25) is 0 Å². The number of Topliss-reactive ketones (excluding diaryl/α,β-unsaturated/α-hetero) is 1. The Kier molecular flexibility index (Phi) is 4.40. The van der Waals surface area contributed by atoms with Gasteiger partial charge in [-0.15, -0.1) is 0 Å². The fourth-order valence-corrected chi connectivity index (χ4v) is 1.25. The Labute approximate surface area is 93.2 Å². The number of hydrogen-bond acceptors (Lipinski definition) is 2. The molecule has 0 unspecified atom stereocenters. The molecule has 1 rings (SSSR count). The highest BCUT2D eigenvalue weighted by molar-refractivity contribution is 5.96. The summed E-state index contributed by atoms with van der Waals surface area (Å²) in [6.45, 7) is 3.81. The molecule has 88 valence electrons. The van der Waals surface area contributed by atoms with Crippen LogP contribution in [0.5, 0.6) is 5.75 Å². The molecule has 16 heavy (non-hydrogen) atoms. The van der Waals surface area contributed by atoms with Crippen LogP contribution in [0.3, 0.4) is 0 Å². The third-order valence-corrected chi connectivity index (χ3v) is 2.10. The molecule has 0 aliphatic carbocycles. The highest BCUT2D eigenvalue weighted by Gasteiger charge is 2.14. The van der Waals surface area contributed by atoms with Gasteiger partial charge in [0.15, 0.2) is 17.3 Å². The molecule has 0 fully saturated rings. The van der Waals surface area contributed by atoms with Crippen molar-refractivity contribution < 1.29 is 18.3 Å². The van der Waals surface area contributed by atoms with Crippen molar-refractivity contribution in [1.82, 2.24) is 0 Å². The topological polar surface area (TPSA) is 26.3 Å². The maximum absolute atomic E-state index is 13.3. The maximum atomic E-state index is 13.3. The number of rotatable bonds is 5. The molecular formula is C12H14F2O2. The SMILES string of the molecule is CCCOc1cc(C(=O)CC)cc(F)c1F. The molecule has 0 saturated heterocycles. The van der Waals surface area contributed by atoms with Crippen LogP contribution in [-0.4, -0.2) is 12.4 Å². The highest BCUT2D eigenvalue weighted by atomic mass is 19.2. The van der Waals surface area contributed by atoms with Gasteiger partial charge in [-0.25, -0.2) is 4.39 Å². The number of carbonyl (C=O) groups is 1. The lowest BCUT2D eigenvalue weighted by molar-refractivity contribution is 0.0987. The van der Waals surface area contributed by atoms with Crippen LogP contribution in [0.4, 0.5) is 8.78 Å². The minimum Gasteiger partial charge on any atom is -0.490 e. The summed E-state index contributed by atoms with van der Waals surface area (Å²) in [4.78, 5) is 11.4. The zero-order valence-electron chi connectivity index (χ0n) is 9.35. The molecule has 1 aromatic rings. The lowest BCUT2D eigenvalue weighted by atomic mass is 10.1. The van der Waals surface area contributed by atoms with Gasteiger partial charge >= 0.3 is 0 Å². The minimum absolute atomic E-state index is 0.146. The van der Waals surface area contributed by atoms with E-state index in [0.29, 0.717) is 13.0 Å². The molecule has 0 spiro atoms. The van der Waals surface area contributed by atoms with Gasteiger partial charge in [0.1, 0.15) is 0 Å². The summed E-state index contributed by atoms with van der Waals surface area (Å²) in [5.74, 6) is -2.52. The fourth-order valence-electron chi connectivity index (χ4n) is 1.25. The second-order valence-electron chi connectivity index (χ2n) is 3.40. The van der Waals surface area contributed by atoms with Gasteiger partial charge in [0.25, 0.3) is 0 Å². The van der Waals surface area contributed by atoms with Crippen molar-refractivity contribution in [1.29, 1.82) is 0 Å². The summed E-state index contributed by atoms with van der Waals surface area (Å²) in [5.41, 5.74) is 0.146. The number of benzene rings is 1. The predicted molar refractivity (Wildman–Crippen MR) is 56.8 cm³/mol. The normalized spacial score (nSPS) is 10.2. The molecule has 0 atom stereocenters. The molecule has 0 N–H and O–H groups in total. The first-order valence-electron chi connectivity index (χ1n) is 5.25.